The molecule has 1 aromatic carbocycles. The summed E-state index contributed by atoms with van der Waals surface area (Å²) in [6.45, 7) is 2.06. The first kappa shape index (κ1) is 17.4. The first-order valence-electron chi connectivity index (χ1n) is 6.77. The third-order valence-electron chi connectivity index (χ3n) is 3.39. The molecule has 0 aliphatic carbocycles. The van der Waals surface area contributed by atoms with Crippen molar-refractivity contribution in [2.24, 2.45) is 0 Å². The van der Waals surface area contributed by atoms with Crippen molar-refractivity contribution in [1.29, 1.82) is 0 Å². The van der Waals surface area contributed by atoms with Gasteiger partial charge in [-0.2, -0.15) is 0 Å². The summed E-state index contributed by atoms with van der Waals surface area (Å²) in [5.41, 5.74) is 0.637. The lowest BCUT2D eigenvalue weighted by atomic mass is 10.2. The maximum absolute atomic E-state index is 12.5. The fourth-order valence-corrected chi connectivity index (χ4v) is 4.61. The van der Waals surface area contributed by atoms with Crippen LogP contribution in [0.25, 0.3) is 0 Å². The van der Waals surface area contributed by atoms with Crippen LogP contribution in [0.2, 0.25) is 5.02 Å². The lowest BCUT2D eigenvalue weighted by Gasteiger charge is -2.23. The Morgan fingerprint density at radius 3 is 2.59 bits per heavy atom. The SMILES string of the molecule is Cc1cc(Cl)ccc1S(=O)(=O)NC[C@@H](c1cccs1)N(C)C. The minimum atomic E-state index is -3.56. The molecule has 1 atom stereocenters. The molecule has 1 heterocycles. The number of hydrogen-bond donors (Lipinski definition) is 1. The second kappa shape index (κ2) is 7.10. The lowest BCUT2D eigenvalue weighted by molar-refractivity contribution is 0.303. The molecule has 0 saturated carbocycles. The number of likely N-dealkylation sites (N-methyl/N-ethyl adjacent to an activating group) is 1. The molecule has 1 aromatic heterocycles. The number of halogens is 1. The van der Waals surface area contributed by atoms with Crippen molar-refractivity contribution >= 4 is 33.0 Å². The van der Waals surface area contributed by atoms with Gasteiger partial charge in [0.2, 0.25) is 10.0 Å². The molecule has 7 heteroatoms. The van der Waals surface area contributed by atoms with E-state index in [9.17, 15) is 8.42 Å². The molecule has 0 saturated heterocycles. The number of nitrogens with zero attached hydrogens (tertiary/aromatic N) is 1. The van der Waals surface area contributed by atoms with Crippen LogP contribution in [-0.2, 0) is 10.0 Å². The van der Waals surface area contributed by atoms with Crippen LogP contribution in [0.4, 0.5) is 0 Å². The highest BCUT2D eigenvalue weighted by molar-refractivity contribution is 7.89. The number of benzene rings is 1. The maximum atomic E-state index is 12.5. The van der Waals surface area contributed by atoms with E-state index in [1.807, 2.05) is 36.5 Å². The Bertz CT molecular complexity index is 728. The summed E-state index contributed by atoms with van der Waals surface area (Å²) in [5, 5.41) is 2.52. The van der Waals surface area contributed by atoms with E-state index in [1.165, 1.54) is 6.07 Å². The Hall–Kier alpha value is -0.920. The predicted molar refractivity (Wildman–Crippen MR) is 92.1 cm³/mol. The summed E-state index contributed by atoms with van der Waals surface area (Å²) in [4.78, 5) is 3.39. The van der Waals surface area contributed by atoms with Crippen molar-refractivity contribution in [2.45, 2.75) is 17.9 Å². The zero-order valence-electron chi connectivity index (χ0n) is 12.7. The summed E-state index contributed by atoms with van der Waals surface area (Å²) in [6.07, 6.45) is 0. The third-order valence-corrected chi connectivity index (χ3v) is 6.18. The molecule has 0 aliphatic rings. The Morgan fingerprint density at radius 1 is 1.32 bits per heavy atom. The summed E-state index contributed by atoms with van der Waals surface area (Å²) < 4.78 is 27.7. The number of sulfonamides is 1. The monoisotopic (exact) mass is 358 g/mol. The molecule has 2 rings (SSSR count). The average molecular weight is 359 g/mol. The molecule has 0 fully saturated rings. The van der Waals surface area contributed by atoms with Gasteiger partial charge in [0.1, 0.15) is 0 Å². The van der Waals surface area contributed by atoms with Gasteiger partial charge in [0.15, 0.2) is 0 Å². The van der Waals surface area contributed by atoms with Gasteiger partial charge in [0.05, 0.1) is 10.9 Å². The summed E-state index contributed by atoms with van der Waals surface area (Å²) in [6, 6.07) is 8.76. The summed E-state index contributed by atoms with van der Waals surface area (Å²) in [5.74, 6) is 0. The van der Waals surface area contributed by atoms with Crippen molar-refractivity contribution in [3.05, 3.63) is 51.2 Å². The number of hydrogen-bond acceptors (Lipinski definition) is 4. The van der Waals surface area contributed by atoms with E-state index in [0.29, 0.717) is 17.1 Å². The van der Waals surface area contributed by atoms with E-state index in [0.717, 1.165) is 4.88 Å². The van der Waals surface area contributed by atoms with Crippen molar-refractivity contribution in [3.63, 3.8) is 0 Å². The third kappa shape index (κ3) is 4.08. The van der Waals surface area contributed by atoms with Crippen LogP contribution in [-0.4, -0.2) is 34.0 Å². The molecule has 0 bridgehead atoms. The zero-order valence-corrected chi connectivity index (χ0v) is 15.1. The first-order valence-corrected chi connectivity index (χ1v) is 9.51. The highest BCUT2D eigenvalue weighted by Crippen LogP contribution is 2.24. The van der Waals surface area contributed by atoms with E-state index in [1.54, 1.807) is 30.4 Å². The number of nitrogens with one attached hydrogen (secondary N) is 1. The van der Waals surface area contributed by atoms with Gasteiger partial charge in [0.25, 0.3) is 0 Å². The molecule has 120 valence electrons. The number of rotatable bonds is 6. The smallest absolute Gasteiger partial charge is 0.240 e. The molecular formula is C15H19ClN2O2S2. The van der Waals surface area contributed by atoms with Crippen molar-refractivity contribution in [3.8, 4) is 0 Å². The second-order valence-electron chi connectivity index (χ2n) is 5.26. The van der Waals surface area contributed by atoms with E-state index in [4.69, 9.17) is 11.6 Å². The molecule has 0 aliphatic heterocycles. The molecule has 0 radical (unpaired) electrons. The first-order chi connectivity index (χ1) is 10.3. The van der Waals surface area contributed by atoms with Gasteiger partial charge in [-0.25, -0.2) is 13.1 Å². The molecule has 4 nitrogen and oxygen atoms in total. The lowest BCUT2D eigenvalue weighted by Crippen LogP contribution is -2.34. The molecule has 0 amide bonds. The predicted octanol–water partition coefficient (Wildman–Crippen LogP) is 3.29. The fraction of sp³-hybridized carbons (Fsp3) is 0.333. The highest BCUT2D eigenvalue weighted by atomic mass is 35.5. The fourth-order valence-electron chi connectivity index (χ4n) is 2.20. The van der Waals surface area contributed by atoms with Gasteiger partial charge >= 0.3 is 0 Å². The molecular weight excluding hydrogens is 340 g/mol. The second-order valence-corrected chi connectivity index (χ2v) is 8.41. The van der Waals surface area contributed by atoms with Gasteiger partial charge in [-0.1, -0.05) is 17.7 Å². The van der Waals surface area contributed by atoms with Gasteiger partial charge in [-0.15, -0.1) is 11.3 Å². The largest absolute Gasteiger partial charge is 0.300 e. The summed E-state index contributed by atoms with van der Waals surface area (Å²) >= 11 is 7.50. The molecule has 2 aromatic rings. The minimum Gasteiger partial charge on any atom is -0.300 e. The van der Waals surface area contributed by atoms with E-state index >= 15 is 0 Å². The molecule has 0 spiro atoms. The highest BCUT2D eigenvalue weighted by Gasteiger charge is 2.21. The average Bonchev–Trinajstić information content (AvgIpc) is 2.91. The van der Waals surface area contributed by atoms with Gasteiger partial charge in [-0.05, 0) is 56.2 Å². The number of thiophene rings is 1. The van der Waals surface area contributed by atoms with E-state index in [2.05, 4.69) is 4.72 Å². The topological polar surface area (TPSA) is 49.4 Å². The Balaban J connectivity index is 2.18. The zero-order chi connectivity index (χ0) is 16.3. The summed E-state index contributed by atoms with van der Waals surface area (Å²) in [7, 11) is 0.315. The normalized spacial score (nSPS) is 13.5. The van der Waals surface area contributed by atoms with Crippen molar-refractivity contribution in [1.82, 2.24) is 9.62 Å². The number of aryl methyl sites for hydroxylation is 1. The van der Waals surface area contributed by atoms with Crippen LogP contribution in [0, 0.1) is 6.92 Å². The standard InChI is InChI=1S/C15H19ClN2O2S2/c1-11-9-12(16)6-7-15(11)22(19,20)17-10-13(18(2)3)14-5-4-8-21-14/h4-9,13,17H,10H2,1-3H3/t13-/m0/s1. The van der Waals surface area contributed by atoms with Gasteiger partial charge in [0, 0.05) is 16.4 Å². The van der Waals surface area contributed by atoms with E-state index in [-0.39, 0.29) is 10.9 Å². The van der Waals surface area contributed by atoms with Crippen LogP contribution in [0.3, 0.4) is 0 Å². The van der Waals surface area contributed by atoms with Crippen LogP contribution >= 0.6 is 22.9 Å². The van der Waals surface area contributed by atoms with Crippen LogP contribution < -0.4 is 4.72 Å². The van der Waals surface area contributed by atoms with Crippen LogP contribution in [0.1, 0.15) is 16.5 Å². The quantitative estimate of drug-likeness (QED) is 0.862. The van der Waals surface area contributed by atoms with Gasteiger partial charge in [-0.3, -0.25) is 0 Å². The molecule has 1 N–H and O–H groups in total. The Morgan fingerprint density at radius 2 is 2.05 bits per heavy atom. The Kier molecular flexibility index (Phi) is 5.63. The Labute approximate surface area is 140 Å². The van der Waals surface area contributed by atoms with Crippen LogP contribution in [0.5, 0.6) is 0 Å². The van der Waals surface area contributed by atoms with Crippen molar-refractivity contribution < 1.29 is 8.42 Å². The molecule has 0 unspecified atom stereocenters. The van der Waals surface area contributed by atoms with Crippen molar-refractivity contribution in [2.75, 3.05) is 20.6 Å². The molecule has 22 heavy (non-hydrogen) atoms. The minimum absolute atomic E-state index is 0.00220. The van der Waals surface area contributed by atoms with Crippen LogP contribution in [0.15, 0.2) is 40.6 Å². The van der Waals surface area contributed by atoms with Gasteiger partial charge < -0.3 is 4.90 Å². The maximum Gasteiger partial charge on any atom is 0.240 e. The van der Waals surface area contributed by atoms with E-state index < -0.39 is 10.0 Å².